The van der Waals surface area contributed by atoms with Crippen LogP contribution < -0.4 is 9.64 Å². The highest BCUT2D eigenvalue weighted by molar-refractivity contribution is 5.88. The smallest absolute Gasteiger partial charge is 0.119 e. The second kappa shape index (κ2) is 8.59. The van der Waals surface area contributed by atoms with Crippen molar-refractivity contribution in [2.75, 3.05) is 38.2 Å². The molecule has 164 valence electrons. The molecule has 0 aliphatic carbocycles. The zero-order chi connectivity index (χ0) is 22.1. The number of fused-ring (bicyclic) bond motifs is 1. The van der Waals surface area contributed by atoms with E-state index in [2.05, 4.69) is 56.3 Å². The molecule has 1 saturated heterocycles. The predicted molar refractivity (Wildman–Crippen MR) is 127 cm³/mol. The molecular formula is C25H28N6O. The Balaban J connectivity index is 1.30. The molecule has 0 radical (unpaired) electrons. The normalized spacial score (nSPS) is 14.8. The van der Waals surface area contributed by atoms with E-state index in [1.807, 2.05) is 42.1 Å². The Morgan fingerprint density at radius 3 is 2.47 bits per heavy atom. The minimum atomic E-state index is 0.799. The Morgan fingerprint density at radius 1 is 0.938 bits per heavy atom. The van der Waals surface area contributed by atoms with E-state index in [0.717, 1.165) is 66.5 Å². The minimum absolute atomic E-state index is 0.799. The summed E-state index contributed by atoms with van der Waals surface area (Å²) in [7, 11) is 1.68. The van der Waals surface area contributed by atoms with E-state index in [9.17, 15) is 0 Å². The van der Waals surface area contributed by atoms with Gasteiger partial charge < -0.3 is 9.64 Å². The van der Waals surface area contributed by atoms with E-state index < -0.39 is 0 Å². The van der Waals surface area contributed by atoms with Crippen LogP contribution in [0.15, 0.2) is 54.7 Å². The number of anilines is 1. The molecule has 0 N–H and O–H groups in total. The molecule has 2 aromatic carbocycles. The molecule has 1 aliphatic rings. The van der Waals surface area contributed by atoms with Gasteiger partial charge in [-0.2, -0.15) is 0 Å². The lowest BCUT2D eigenvalue weighted by Crippen LogP contribution is -2.46. The van der Waals surface area contributed by atoms with Crippen LogP contribution in [0.3, 0.4) is 0 Å². The number of aryl methyl sites for hydroxylation is 2. The van der Waals surface area contributed by atoms with Crippen molar-refractivity contribution in [3.8, 4) is 11.4 Å². The Labute approximate surface area is 188 Å². The third kappa shape index (κ3) is 4.16. The maximum atomic E-state index is 5.41. The van der Waals surface area contributed by atoms with Crippen LogP contribution in [0.1, 0.15) is 17.0 Å². The van der Waals surface area contributed by atoms with Crippen LogP contribution in [-0.4, -0.2) is 58.2 Å². The van der Waals surface area contributed by atoms with Gasteiger partial charge in [-0.25, -0.2) is 4.68 Å². The van der Waals surface area contributed by atoms with E-state index in [4.69, 9.17) is 4.74 Å². The fourth-order valence-electron chi connectivity index (χ4n) is 4.27. The predicted octanol–water partition coefficient (Wildman–Crippen LogP) is 3.76. The summed E-state index contributed by atoms with van der Waals surface area (Å²) in [6, 6.07) is 16.8. The highest BCUT2D eigenvalue weighted by Gasteiger charge is 2.19. The quantitative estimate of drug-likeness (QED) is 0.482. The van der Waals surface area contributed by atoms with Gasteiger partial charge in [0.2, 0.25) is 0 Å². The summed E-state index contributed by atoms with van der Waals surface area (Å²) in [5.74, 6) is 0.802. The molecule has 0 atom stereocenters. The number of methoxy groups -OCH3 is 1. The number of aromatic nitrogens is 4. The standard InChI is InChI=1S/C25H28N6O/c1-18-4-6-21(7-5-18)30-12-10-29(11-13-30)16-20-17-31(28-27-20)25-14-19(2)26-24-9-8-22(32-3)15-23(24)25/h4-9,14-15,17H,10-13,16H2,1-3H3. The lowest BCUT2D eigenvalue weighted by atomic mass is 10.1. The van der Waals surface area contributed by atoms with Crippen molar-refractivity contribution in [3.63, 3.8) is 0 Å². The van der Waals surface area contributed by atoms with Crippen molar-refractivity contribution in [1.29, 1.82) is 0 Å². The molecule has 1 fully saturated rings. The first-order chi connectivity index (χ1) is 15.6. The number of benzene rings is 2. The van der Waals surface area contributed by atoms with Gasteiger partial charge in [0.25, 0.3) is 0 Å². The van der Waals surface area contributed by atoms with Crippen LogP contribution in [0.4, 0.5) is 5.69 Å². The molecule has 2 aromatic heterocycles. The summed E-state index contributed by atoms with van der Waals surface area (Å²) in [6.45, 7) is 8.98. The maximum absolute atomic E-state index is 5.41. The minimum Gasteiger partial charge on any atom is -0.497 e. The summed E-state index contributed by atoms with van der Waals surface area (Å²) in [4.78, 5) is 9.54. The third-order valence-corrected chi connectivity index (χ3v) is 6.07. The van der Waals surface area contributed by atoms with Gasteiger partial charge in [-0.15, -0.1) is 5.10 Å². The molecule has 0 spiro atoms. The van der Waals surface area contributed by atoms with E-state index in [0.29, 0.717) is 0 Å². The van der Waals surface area contributed by atoms with Gasteiger partial charge in [0.05, 0.1) is 30.2 Å². The van der Waals surface area contributed by atoms with Gasteiger partial charge in [0.15, 0.2) is 0 Å². The van der Waals surface area contributed by atoms with Gasteiger partial charge in [-0.1, -0.05) is 22.9 Å². The Morgan fingerprint density at radius 2 is 1.72 bits per heavy atom. The van der Waals surface area contributed by atoms with Gasteiger partial charge in [0.1, 0.15) is 5.75 Å². The molecule has 32 heavy (non-hydrogen) atoms. The highest BCUT2D eigenvalue weighted by atomic mass is 16.5. The van der Waals surface area contributed by atoms with Gasteiger partial charge in [-0.05, 0) is 50.2 Å². The number of hydrogen-bond acceptors (Lipinski definition) is 6. The monoisotopic (exact) mass is 428 g/mol. The van der Waals surface area contributed by atoms with E-state index >= 15 is 0 Å². The first-order valence-corrected chi connectivity index (χ1v) is 11.0. The van der Waals surface area contributed by atoms with Crippen molar-refractivity contribution in [2.45, 2.75) is 20.4 Å². The number of hydrogen-bond donors (Lipinski definition) is 0. The second-order valence-electron chi connectivity index (χ2n) is 8.42. The van der Waals surface area contributed by atoms with Gasteiger partial charge in [-0.3, -0.25) is 9.88 Å². The number of piperazine rings is 1. The Kier molecular flexibility index (Phi) is 5.49. The van der Waals surface area contributed by atoms with Crippen molar-refractivity contribution in [2.24, 2.45) is 0 Å². The molecule has 0 saturated carbocycles. The SMILES string of the molecule is COc1ccc2nc(C)cc(-n3cc(CN4CCN(c5ccc(C)cc5)CC4)nn3)c2c1. The van der Waals surface area contributed by atoms with Crippen LogP contribution in [0, 0.1) is 13.8 Å². The largest absolute Gasteiger partial charge is 0.497 e. The lowest BCUT2D eigenvalue weighted by molar-refractivity contribution is 0.247. The van der Waals surface area contributed by atoms with Crippen molar-refractivity contribution < 1.29 is 4.74 Å². The second-order valence-corrected chi connectivity index (χ2v) is 8.42. The van der Waals surface area contributed by atoms with Crippen LogP contribution in [0.25, 0.3) is 16.6 Å². The fourth-order valence-corrected chi connectivity index (χ4v) is 4.27. The van der Waals surface area contributed by atoms with E-state index in [-0.39, 0.29) is 0 Å². The molecule has 4 aromatic rings. The number of rotatable bonds is 5. The number of pyridine rings is 1. The van der Waals surface area contributed by atoms with Crippen molar-refractivity contribution in [3.05, 3.63) is 71.7 Å². The Hall–Kier alpha value is -3.45. The molecule has 0 bridgehead atoms. The molecule has 5 rings (SSSR count). The molecule has 7 nitrogen and oxygen atoms in total. The van der Waals surface area contributed by atoms with Crippen LogP contribution in [-0.2, 0) is 6.54 Å². The van der Waals surface area contributed by atoms with Crippen LogP contribution in [0.2, 0.25) is 0 Å². The third-order valence-electron chi connectivity index (χ3n) is 6.07. The average molecular weight is 429 g/mol. The summed E-state index contributed by atoms with van der Waals surface area (Å²) in [6.07, 6.45) is 2.03. The van der Waals surface area contributed by atoms with Crippen molar-refractivity contribution in [1.82, 2.24) is 24.9 Å². The topological polar surface area (TPSA) is 59.3 Å². The summed E-state index contributed by atoms with van der Waals surface area (Å²) in [5, 5.41) is 9.89. The lowest BCUT2D eigenvalue weighted by Gasteiger charge is -2.35. The van der Waals surface area contributed by atoms with Gasteiger partial charge >= 0.3 is 0 Å². The molecule has 1 aliphatic heterocycles. The maximum Gasteiger partial charge on any atom is 0.119 e. The first-order valence-electron chi connectivity index (χ1n) is 11.0. The van der Waals surface area contributed by atoms with E-state index in [1.165, 1.54) is 11.3 Å². The number of ether oxygens (including phenoxy) is 1. The zero-order valence-corrected chi connectivity index (χ0v) is 18.8. The summed E-state index contributed by atoms with van der Waals surface area (Å²) >= 11 is 0. The molecule has 0 unspecified atom stereocenters. The summed E-state index contributed by atoms with van der Waals surface area (Å²) in [5.41, 5.74) is 6.41. The summed E-state index contributed by atoms with van der Waals surface area (Å²) < 4.78 is 7.27. The first kappa shape index (κ1) is 20.5. The average Bonchev–Trinajstić information content (AvgIpc) is 3.27. The zero-order valence-electron chi connectivity index (χ0n) is 18.8. The van der Waals surface area contributed by atoms with Crippen LogP contribution >= 0.6 is 0 Å². The molecular weight excluding hydrogens is 400 g/mol. The molecule has 7 heteroatoms. The fraction of sp³-hybridized carbons (Fsp3) is 0.320. The van der Waals surface area contributed by atoms with Crippen molar-refractivity contribution >= 4 is 16.6 Å². The van der Waals surface area contributed by atoms with E-state index in [1.54, 1.807) is 7.11 Å². The molecule has 3 heterocycles. The molecule has 0 amide bonds. The Bertz CT molecular complexity index is 1230. The number of nitrogens with zero attached hydrogens (tertiary/aromatic N) is 6. The van der Waals surface area contributed by atoms with Gasteiger partial charge in [0, 0.05) is 49.5 Å². The van der Waals surface area contributed by atoms with Crippen LogP contribution in [0.5, 0.6) is 5.75 Å². The highest BCUT2D eigenvalue weighted by Crippen LogP contribution is 2.26.